The van der Waals surface area contributed by atoms with Crippen LogP contribution in [0.15, 0.2) is 72.8 Å². The summed E-state index contributed by atoms with van der Waals surface area (Å²) in [4.78, 5) is 28.8. The molecule has 0 saturated carbocycles. The van der Waals surface area contributed by atoms with E-state index < -0.39 is 21.9 Å². The number of carbonyl (C=O) groups is 2. The molecule has 0 bridgehead atoms. The summed E-state index contributed by atoms with van der Waals surface area (Å²) in [5, 5.41) is 3.37. The molecule has 2 amide bonds. The minimum atomic E-state index is -3.66. The summed E-state index contributed by atoms with van der Waals surface area (Å²) in [7, 11) is -3.66. The van der Waals surface area contributed by atoms with Gasteiger partial charge in [-0.25, -0.2) is 12.8 Å². The van der Waals surface area contributed by atoms with Crippen LogP contribution in [0.5, 0.6) is 0 Å². The summed E-state index contributed by atoms with van der Waals surface area (Å²) >= 11 is 6.24. The Balaban J connectivity index is 1.89. The summed E-state index contributed by atoms with van der Waals surface area (Å²) in [6.45, 7) is 5.58. The second kappa shape index (κ2) is 14.5. The van der Waals surface area contributed by atoms with E-state index in [9.17, 15) is 22.4 Å². The van der Waals surface area contributed by atoms with Crippen molar-refractivity contribution >= 4 is 39.1 Å². The van der Waals surface area contributed by atoms with Gasteiger partial charge in [0.15, 0.2) is 0 Å². The molecular weight excluding hydrogens is 565 g/mol. The van der Waals surface area contributed by atoms with Gasteiger partial charge >= 0.3 is 0 Å². The molecule has 10 heteroatoms. The zero-order valence-corrected chi connectivity index (χ0v) is 25.4. The van der Waals surface area contributed by atoms with Crippen molar-refractivity contribution in [3.05, 3.63) is 100 Å². The van der Waals surface area contributed by atoms with Crippen molar-refractivity contribution in [1.82, 2.24) is 10.2 Å². The fourth-order valence-electron chi connectivity index (χ4n) is 4.57. The van der Waals surface area contributed by atoms with E-state index in [0.29, 0.717) is 21.8 Å². The Kier molecular flexibility index (Phi) is 11.3. The topological polar surface area (TPSA) is 86.8 Å². The second-order valence-corrected chi connectivity index (χ2v) is 12.7. The molecule has 0 radical (unpaired) electrons. The normalized spacial score (nSPS) is 12.2. The van der Waals surface area contributed by atoms with E-state index in [1.54, 1.807) is 37.3 Å². The van der Waals surface area contributed by atoms with Crippen molar-refractivity contribution in [3.8, 4) is 0 Å². The van der Waals surface area contributed by atoms with Crippen LogP contribution in [0.1, 0.15) is 43.4 Å². The Bertz CT molecular complexity index is 1430. The minimum absolute atomic E-state index is 0.00687. The number of benzene rings is 3. The quantitative estimate of drug-likeness (QED) is 0.280. The molecule has 0 aliphatic carbocycles. The van der Waals surface area contributed by atoms with Crippen LogP contribution in [0.2, 0.25) is 5.02 Å². The summed E-state index contributed by atoms with van der Waals surface area (Å²) in [5.74, 6) is -1.01. The predicted octanol–water partition coefficient (Wildman–Crippen LogP) is 5.50. The Morgan fingerprint density at radius 2 is 1.61 bits per heavy atom. The first-order chi connectivity index (χ1) is 19.4. The highest BCUT2D eigenvalue weighted by molar-refractivity contribution is 7.92. The summed E-state index contributed by atoms with van der Waals surface area (Å²) in [6, 6.07) is 19.3. The first-order valence-corrected chi connectivity index (χ1v) is 15.7. The number of rotatable bonds is 13. The van der Waals surface area contributed by atoms with Crippen LogP contribution in [-0.2, 0) is 32.6 Å². The Labute approximate surface area is 247 Å². The monoisotopic (exact) mass is 601 g/mol. The summed E-state index contributed by atoms with van der Waals surface area (Å²) in [6.07, 6.45) is 1.60. The van der Waals surface area contributed by atoms with E-state index in [0.717, 1.165) is 11.8 Å². The molecule has 3 aromatic rings. The first kappa shape index (κ1) is 32.1. The maximum absolute atomic E-state index is 13.8. The zero-order chi connectivity index (χ0) is 30.2. The minimum Gasteiger partial charge on any atom is -0.352 e. The molecule has 0 saturated heterocycles. The lowest BCUT2D eigenvalue weighted by molar-refractivity contribution is -0.141. The molecule has 3 aromatic carbocycles. The van der Waals surface area contributed by atoms with Gasteiger partial charge in [-0.05, 0) is 68.1 Å². The van der Waals surface area contributed by atoms with Crippen molar-refractivity contribution in [1.29, 1.82) is 0 Å². The van der Waals surface area contributed by atoms with Gasteiger partial charge in [0.2, 0.25) is 21.8 Å². The molecule has 1 N–H and O–H groups in total. The lowest BCUT2D eigenvalue weighted by Gasteiger charge is -2.32. The molecular formula is C31H37ClFN3O4S. The van der Waals surface area contributed by atoms with Crippen LogP contribution < -0.4 is 9.62 Å². The predicted molar refractivity (Wildman–Crippen MR) is 162 cm³/mol. The molecule has 7 nitrogen and oxygen atoms in total. The van der Waals surface area contributed by atoms with Crippen LogP contribution in [0.25, 0.3) is 0 Å². The number of hydrogen-bond acceptors (Lipinski definition) is 4. The molecule has 0 unspecified atom stereocenters. The number of sulfonamides is 1. The Hall–Kier alpha value is -3.43. The highest BCUT2D eigenvalue weighted by atomic mass is 35.5. The van der Waals surface area contributed by atoms with Crippen molar-refractivity contribution < 1.29 is 22.4 Å². The third-order valence-electron chi connectivity index (χ3n) is 6.63. The van der Waals surface area contributed by atoms with E-state index in [4.69, 9.17) is 11.6 Å². The first-order valence-electron chi connectivity index (χ1n) is 13.5. The van der Waals surface area contributed by atoms with E-state index in [-0.39, 0.29) is 50.2 Å². The van der Waals surface area contributed by atoms with Gasteiger partial charge in [0.25, 0.3) is 0 Å². The third-order valence-corrected chi connectivity index (χ3v) is 8.22. The van der Waals surface area contributed by atoms with Gasteiger partial charge < -0.3 is 10.2 Å². The van der Waals surface area contributed by atoms with Crippen LogP contribution >= 0.6 is 11.6 Å². The highest BCUT2D eigenvalue weighted by Gasteiger charge is 2.31. The number of anilines is 1. The van der Waals surface area contributed by atoms with E-state index in [1.165, 1.54) is 21.3 Å². The maximum Gasteiger partial charge on any atom is 0.243 e. The van der Waals surface area contributed by atoms with Gasteiger partial charge in [-0.3, -0.25) is 13.9 Å². The molecule has 0 aliphatic heterocycles. The number of nitrogens with zero attached hydrogens (tertiary/aromatic N) is 2. The van der Waals surface area contributed by atoms with Gasteiger partial charge in [-0.1, -0.05) is 60.1 Å². The fraction of sp³-hybridized carbons (Fsp3) is 0.355. The molecule has 0 spiro atoms. The van der Waals surface area contributed by atoms with E-state index in [2.05, 4.69) is 5.32 Å². The molecule has 0 aromatic heterocycles. The molecule has 0 fully saturated rings. The Morgan fingerprint density at radius 3 is 2.22 bits per heavy atom. The van der Waals surface area contributed by atoms with Gasteiger partial charge in [-0.15, -0.1) is 0 Å². The largest absolute Gasteiger partial charge is 0.352 e. The molecule has 1 atom stereocenters. The van der Waals surface area contributed by atoms with Crippen LogP contribution in [0, 0.1) is 12.7 Å². The summed E-state index contributed by atoms with van der Waals surface area (Å²) < 4.78 is 40.2. The van der Waals surface area contributed by atoms with Crippen LogP contribution in [-0.4, -0.2) is 50.0 Å². The van der Waals surface area contributed by atoms with Crippen molar-refractivity contribution in [2.45, 2.75) is 58.7 Å². The highest BCUT2D eigenvalue weighted by Crippen LogP contribution is 2.28. The van der Waals surface area contributed by atoms with Crippen molar-refractivity contribution in [2.24, 2.45) is 0 Å². The fourth-order valence-corrected chi connectivity index (χ4v) is 5.76. The molecule has 0 heterocycles. The zero-order valence-electron chi connectivity index (χ0n) is 23.8. The molecule has 220 valence electrons. The van der Waals surface area contributed by atoms with Gasteiger partial charge in [0, 0.05) is 37.0 Å². The standard InChI is InChI=1S/C31H37ClFN3O4S/c1-22(2)34-31(38)29(20-24-10-6-5-7-11-24)35(21-25-15-17-26(33)18-16-25)30(37)14-9-19-36(41(4,39)40)28-13-8-12-27(32)23(28)3/h5-8,10-13,15-18,22,29H,9,14,19-21H2,1-4H3,(H,34,38)/t29-/m1/s1. The van der Waals surface area contributed by atoms with Crippen molar-refractivity contribution in [3.63, 3.8) is 0 Å². The van der Waals surface area contributed by atoms with Gasteiger partial charge in [-0.2, -0.15) is 0 Å². The number of nitrogens with one attached hydrogen (secondary N) is 1. The van der Waals surface area contributed by atoms with Crippen LogP contribution in [0.3, 0.4) is 0 Å². The SMILES string of the molecule is Cc1c(Cl)cccc1N(CCCC(=O)N(Cc1ccc(F)cc1)[C@H](Cc1ccccc1)C(=O)NC(C)C)S(C)(=O)=O. The maximum atomic E-state index is 13.8. The second-order valence-electron chi connectivity index (χ2n) is 10.3. The third kappa shape index (κ3) is 9.30. The number of hydrogen-bond donors (Lipinski definition) is 1. The molecule has 3 rings (SSSR count). The van der Waals surface area contributed by atoms with E-state index in [1.807, 2.05) is 44.2 Å². The smallest absolute Gasteiger partial charge is 0.243 e. The average molecular weight is 602 g/mol. The Morgan fingerprint density at radius 1 is 0.951 bits per heavy atom. The summed E-state index contributed by atoms with van der Waals surface area (Å²) in [5.41, 5.74) is 2.63. The van der Waals surface area contributed by atoms with Gasteiger partial charge in [0.1, 0.15) is 11.9 Å². The number of amides is 2. The lowest BCUT2D eigenvalue weighted by atomic mass is 10.0. The van der Waals surface area contributed by atoms with E-state index >= 15 is 0 Å². The lowest BCUT2D eigenvalue weighted by Crippen LogP contribution is -2.51. The average Bonchev–Trinajstić information content (AvgIpc) is 2.91. The molecule has 41 heavy (non-hydrogen) atoms. The van der Waals surface area contributed by atoms with Crippen molar-refractivity contribution in [2.75, 3.05) is 17.1 Å². The van der Waals surface area contributed by atoms with Crippen LogP contribution in [0.4, 0.5) is 10.1 Å². The molecule has 0 aliphatic rings. The van der Waals surface area contributed by atoms with Gasteiger partial charge in [0.05, 0.1) is 11.9 Å². The number of carbonyl (C=O) groups excluding carboxylic acids is 2. The number of halogens is 2.